The Bertz CT molecular complexity index is 802. The topological polar surface area (TPSA) is 41.6 Å². The van der Waals surface area contributed by atoms with E-state index in [1.807, 2.05) is 65.7 Å². The number of hydrazine groups is 1. The average Bonchev–Trinajstić information content (AvgIpc) is 2.69. The minimum Gasteiger partial charge on any atom is -0.497 e. The summed E-state index contributed by atoms with van der Waals surface area (Å²) in [4.78, 5) is 12.6. The molecule has 126 valence electrons. The number of anilines is 1. The molecule has 3 aromatic carbocycles. The van der Waals surface area contributed by atoms with Gasteiger partial charge in [0.05, 0.1) is 19.3 Å². The van der Waals surface area contributed by atoms with Crippen molar-refractivity contribution in [1.29, 1.82) is 0 Å². The highest BCUT2D eigenvalue weighted by Crippen LogP contribution is 2.16. The summed E-state index contributed by atoms with van der Waals surface area (Å²) in [5.41, 5.74) is 5.60. The number of methoxy groups -OCH3 is 1. The van der Waals surface area contributed by atoms with Gasteiger partial charge >= 0.3 is 0 Å². The highest BCUT2D eigenvalue weighted by Gasteiger charge is 2.13. The highest BCUT2D eigenvalue weighted by atomic mass is 16.5. The Morgan fingerprint density at radius 2 is 1.48 bits per heavy atom. The first-order valence-corrected chi connectivity index (χ1v) is 8.08. The molecule has 1 amide bonds. The maximum Gasteiger partial charge on any atom is 0.269 e. The number of para-hydroxylation sites is 1. The van der Waals surface area contributed by atoms with Gasteiger partial charge in [-0.25, -0.2) is 0 Å². The molecular formula is C21H20N2O2. The minimum atomic E-state index is -0.164. The number of nitrogens with one attached hydrogen (secondary N) is 1. The van der Waals surface area contributed by atoms with E-state index in [9.17, 15) is 4.79 Å². The summed E-state index contributed by atoms with van der Waals surface area (Å²) in [5.74, 6) is 0.559. The molecule has 0 aromatic heterocycles. The Morgan fingerprint density at radius 3 is 2.08 bits per heavy atom. The molecule has 0 saturated heterocycles. The number of rotatable bonds is 6. The molecule has 4 heteroatoms. The first-order chi connectivity index (χ1) is 12.3. The van der Waals surface area contributed by atoms with Crippen LogP contribution in [-0.4, -0.2) is 13.0 Å². The van der Waals surface area contributed by atoms with Crippen LogP contribution in [0.3, 0.4) is 0 Å². The Morgan fingerprint density at radius 1 is 0.880 bits per heavy atom. The summed E-state index contributed by atoms with van der Waals surface area (Å²) < 4.78 is 5.14. The largest absolute Gasteiger partial charge is 0.497 e. The van der Waals surface area contributed by atoms with Crippen LogP contribution in [0.15, 0.2) is 84.9 Å². The van der Waals surface area contributed by atoms with Gasteiger partial charge in [0.15, 0.2) is 0 Å². The van der Waals surface area contributed by atoms with Gasteiger partial charge in [-0.1, -0.05) is 48.5 Å². The van der Waals surface area contributed by atoms with Crippen LogP contribution in [0.5, 0.6) is 5.75 Å². The van der Waals surface area contributed by atoms with Crippen molar-refractivity contribution in [3.05, 3.63) is 96.1 Å². The molecular weight excluding hydrogens is 312 g/mol. The second-order valence-corrected chi connectivity index (χ2v) is 5.58. The standard InChI is InChI=1S/C21H20N2O2/c1-25-20-14-12-18(13-15-20)21(24)22-23(19-10-6-3-7-11-19)16-17-8-4-2-5-9-17/h2-15H,16H2,1H3,(H,22,24). The zero-order valence-electron chi connectivity index (χ0n) is 14.1. The predicted molar refractivity (Wildman–Crippen MR) is 99.5 cm³/mol. The van der Waals surface area contributed by atoms with Crippen LogP contribution < -0.4 is 15.2 Å². The highest BCUT2D eigenvalue weighted by molar-refractivity contribution is 5.95. The van der Waals surface area contributed by atoms with Crippen LogP contribution in [0.2, 0.25) is 0 Å². The van der Waals surface area contributed by atoms with Crippen molar-refractivity contribution in [3.8, 4) is 5.75 Å². The van der Waals surface area contributed by atoms with E-state index in [1.54, 1.807) is 31.4 Å². The Hall–Kier alpha value is -3.27. The fourth-order valence-corrected chi connectivity index (χ4v) is 2.50. The van der Waals surface area contributed by atoms with E-state index < -0.39 is 0 Å². The zero-order chi connectivity index (χ0) is 17.5. The van der Waals surface area contributed by atoms with Gasteiger partial charge in [-0.2, -0.15) is 0 Å². The van der Waals surface area contributed by atoms with E-state index in [0.29, 0.717) is 12.1 Å². The van der Waals surface area contributed by atoms with Crippen LogP contribution in [0, 0.1) is 0 Å². The molecule has 0 saturated carbocycles. The molecule has 0 atom stereocenters. The number of amides is 1. The van der Waals surface area contributed by atoms with Crippen molar-refractivity contribution in [1.82, 2.24) is 5.43 Å². The minimum absolute atomic E-state index is 0.164. The Balaban J connectivity index is 1.80. The maximum absolute atomic E-state index is 12.6. The van der Waals surface area contributed by atoms with E-state index in [1.165, 1.54) is 0 Å². The van der Waals surface area contributed by atoms with Crippen LogP contribution in [0.1, 0.15) is 15.9 Å². The lowest BCUT2D eigenvalue weighted by Gasteiger charge is -2.25. The molecule has 1 N–H and O–H groups in total. The summed E-state index contributed by atoms with van der Waals surface area (Å²) >= 11 is 0. The number of carbonyl (C=O) groups is 1. The van der Waals surface area contributed by atoms with Crippen molar-refractivity contribution in [2.75, 3.05) is 12.1 Å². The monoisotopic (exact) mass is 332 g/mol. The lowest BCUT2D eigenvalue weighted by Crippen LogP contribution is -2.41. The number of hydrogen-bond donors (Lipinski definition) is 1. The molecule has 0 heterocycles. The molecule has 0 fully saturated rings. The number of hydrogen-bond acceptors (Lipinski definition) is 3. The van der Waals surface area contributed by atoms with Gasteiger partial charge in [0.1, 0.15) is 5.75 Å². The molecule has 25 heavy (non-hydrogen) atoms. The number of ether oxygens (including phenoxy) is 1. The molecule has 0 aliphatic heterocycles. The molecule has 0 radical (unpaired) electrons. The number of carbonyl (C=O) groups excluding carboxylic acids is 1. The number of nitrogens with zero attached hydrogens (tertiary/aromatic N) is 1. The molecule has 0 unspecified atom stereocenters. The van der Waals surface area contributed by atoms with Gasteiger partial charge in [0, 0.05) is 5.56 Å². The summed E-state index contributed by atoms with van der Waals surface area (Å²) in [5, 5.41) is 1.85. The molecule has 0 aliphatic carbocycles. The van der Waals surface area contributed by atoms with Crippen molar-refractivity contribution >= 4 is 11.6 Å². The van der Waals surface area contributed by atoms with E-state index >= 15 is 0 Å². The van der Waals surface area contributed by atoms with Crippen LogP contribution >= 0.6 is 0 Å². The quantitative estimate of drug-likeness (QED) is 0.693. The third-order valence-corrected chi connectivity index (χ3v) is 3.84. The molecule has 0 spiro atoms. The second kappa shape index (κ2) is 8.02. The first kappa shape index (κ1) is 16.6. The third kappa shape index (κ3) is 4.38. The molecule has 0 bridgehead atoms. The smallest absolute Gasteiger partial charge is 0.269 e. The zero-order valence-corrected chi connectivity index (χ0v) is 14.1. The van der Waals surface area contributed by atoms with Crippen LogP contribution in [0.4, 0.5) is 5.69 Å². The predicted octanol–water partition coefficient (Wildman–Crippen LogP) is 4.05. The summed E-state index contributed by atoms with van der Waals surface area (Å²) in [6.07, 6.45) is 0. The van der Waals surface area contributed by atoms with Crippen molar-refractivity contribution in [3.63, 3.8) is 0 Å². The van der Waals surface area contributed by atoms with Crippen LogP contribution in [0.25, 0.3) is 0 Å². The number of benzene rings is 3. The summed E-state index contributed by atoms with van der Waals surface area (Å²) in [6, 6.07) is 26.9. The first-order valence-electron chi connectivity index (χ1n) is 8.08. The third-order valence-electron chi connectivity index (χ3n) is 3.84. The molecule has 4 nitrogen and oxygen atoms in total. The van der Waals surface area contributed by atoms with Crippen molar-refractivity contribution < 1.29 is 9.53 Å². The molecule has 3 aromatic rings. The van der Waals surface area contributed by atoms with Gasteiger partial charge in [-0.05, 0) is 42.0 Å². The van der Waals surface area contributed by atoms with Crippen molar-refractivity contribution in [2.24, 2.45) is 0 Å². The maximum atomic E-state index is 12.6. The lowest BCUT2D eigenvalue weighted by atomic mass is 10.2. The fourth-order valence-electron chi connectivity index (χ4n) is 2.50. The van der Waals surface area contributed by atoms with E-state index in [0.717, 1.165) is 17.0 Å². The SMILES string of the molecule is COc1ccc(C(=O)NN(Cc2ccccc2)c2ccccc2)cc1. The van der Waals surface area contributed by atoms with Gasteiger partial charge in [-0.3, -0.25) is 15.2 Å². The van der Waals surface area contributed by atoms with Gasteiger partial charge in [-0.15, -0.1) is 0 Å². The van der Waals surface area contributed by atoms with Gasteiger partial charge in [0.25, 0.3) is 5.91 Å². The van der Waals surface area contributed by atoms with Gasteiger partial charge in [0.2, 0.25) is 0 Å². The summed E-state index contributed by atoms with van der Waals surface area (Å²) in [7, 11) is 1.60. The normalized spacial score (nSPS) is 10.1. The fraction of sp³-hybridized carbons (Fsp3) is 0.0952. The van der Waals surface area contributed by atoms with E-state index in [4.69, 9.17) is 4.74 Å². The molecule has 3 rings (SSSR count). The Labute approximate surface area is 147 Å². The average molecular weight is 332 g/mol. The van der Waals surface area contributed by atoms with Gasteiger partial charge < -0.3 is 4.74 Å². The van der Waals surface area contributed by atoms with Crippen molar-refractivity contribution in [2.45, 2.75) is 6.54 Å². The molecule has 0 aliphatic rings. The second-order valence-electron chi connectivity index (χ2n) is 5.58. The summed E-state index contributed by atoms with van der Waals surface area (Å²) in [6.45, 7) is 0.576. The van der Waals surface area contributed by atoms with Crippen LogP contribution in [-0.2, 0) is 6.54 Å². The Kier molecular flexibility index (Phi) is 5.32. The van der Waals surface area contributed by atoms with E-state index in [2.05, 4.69) is 5.43 Å². The van der Waals surface area contributed by atoms with E-state index in [-0.39, 0.29) is 5.91 Å². The lowest BCUT2D eigenvalue weighted by molar-refractivity contribution is 0.0948.